The van der Waals surface area contributed by atoms with Gasteiger partial charge in [-0.1, -0.05) is 44.2 Å². The molecule has 1 unspecified atom stereocenters. The van der Waals surface area contributed by atoms with Crippen LogP contribution in [0.2, 0.25) is 0 Å². The lowest BCUT2D eigenvalue weighted by Gasteiger charge is -2.17. The Bertz CT molecular complexity index is 1120. The number of carbonyl (C=O) groups is 1. The van der Waals surface area contributed by atoms with Crippen LogP contribution < -0.4 is 5.32 Å². The van der Waals surface area contributed by atoms with E-state index in [4.69, 9.17) is 0 Å². The van der Waals surface area contributed by atoms with Gasteiger partial charge in [0.15, 0.2) is 5.82 Å². The maximum absolute atomic E-state index is 13.1. The number of nitrogens with one attached hydrogen (secondary N) is 2. The number of hydrogen-bond donors (Lipinski definition) is 2. The second kappa shape index (κ2) is 8.80. The third-order valence-corrected chi connectivity index (χ3v) is 6.85. The molecule has 30 heavy (non-hydrogen) atoms. The van der Waals surface area contributed by atoms with Crippen molar-refractivity contribution in [2.75, 3.05) is 13.1 Å². The van der Waals surface area contributed by atoms with Gasteiger partial charge in [0.05, 0.1) is 0 Å². The van der Waals surface area contributed by atoms with E-state index in [0.29, 0.717) is 24.7 Å². The van der Waals surface area contributed by atoms with Gasteiger partial charge in [0, 0.05) is 26.3 Å². The number of aromatic nitrogens is 4. The highest BCUT2D eigenvalue weighted by atomic mass is 32.2. The fourth-order valence-corrected chi connectivity index (χ4v) is 4.78. The van der Waals surface area contributed by atoms with E-state index in [1.54, 1.807) is 27.8 Å². The minimum Gasteiger partial charge on any atom is -0.345 e. The van der Waals surface area contributed by atoms with E-state index in [1.165, 1.54) is 21.1 Å². The molecule has 0 radical (unpaired) electrons. The zero-order valence-electron chi connectivity index (χ0n) is 17.5. The average molecular weight is 431 g/mol. The van der Waals surface area contributed by atoms with Crippen LogP contribution in [-0.4, -0.2) is 51.5 Å². The van der Waals surface area contributed by atoms with Crippen LogP contribution in [0.5, 0.6) is 0 Å². The van der Waals surface area contributed by atoms with E-state index in [9.17, 15) is 13.2 Å². The van der Waals surface area contributed by atoms with Crippen molar-refractivity contribution in [2.45, 2.75) is 31.7 Å². The molecule has 0 aliphatic rings. The van der Waals surface area contributed by atoms with Crippen molar-refractivity contribution in [3.63, 3.8) is 0 Å². The van der Waals surface area contributed by atoms with Gasteiger partial charge < -0.3 is 9.88 Å². The molecule has 1 aromatic carbocycles. The quantitative estimate of drug-likeness (QED) is 0.568. The standard InChI is InChI=1S/C20H26N6O3S/c1-5-26(6-2)30(28,29)16-12-17(25(4)13-16)20(27)22-18(15-10-8-7-9-11-15)19-21-14(3)23-24-19/h7-13,18H,5-6H2,1-4H3,(H,22,27)(H,21,23,24). The molecule has 1 amide bonds. The van der Waals surface area contributed by atoms with Crippen LogP contribution in [0.3, 0.4) is 0 Å². The van der Waals surface area contributed by atoms with Gasteiger partial charge in [-0.2, -0.15) is 9.40 Å². The molecule has 0 bridgehead atoms. The predicted molar refractivity (Wildman–Crippen MR) is 112 cm³/mol. The molecule has 0 saturated heterocycles. The Kier molecular flexibility index (Phi) is 6.37. The van der Waals surface area contributed by atoms with Gasteiger partial charge in [-0.3, -0.25) is 9.89 Å². The number of sulfonamides is 1. The second-order valence-corrected chi connectivity index (χ2v) is 8.80. The molecule has 3 rings (SSSR count). The lowest BCUT2D eigenvalue weighted by atomic mass is 10.1. The second-order valence-electron chi connectivity index (χ2n) is 6.86. The van der Waals surface area contributed by atoms with Crippen LogP contribution in [0.15, 0.2) is 47.5 Å². The molecule has 2 aromatic heterocycles. The molecule has 2 N–H and O–H groups in total. The van der Waals surface area contributed by atoms with Gasteiger partial charge in [-0.15, -0.1) is 0 Å². The van der Waals surface area contributed by atoms with Gasteiger partial charge in [0.25, 0.3) is 5.91 Å². The van der Waals surface area contributed by atoms with Crippen molar-refractivity contribution in [1.82, 2.24) is 29.4 Å². The van der Waals surface area contributed by atoms with E-state index >= 15 is 0 Å². The monoisotopic (exact) mass is 430 g/mol. The number of benzene rings is 1. The SMILES string of the molecule is CCN(CC)S(=O)(=O)c1cc(C(=O)NC(c2ccccc2)c2n[nH]c(C)n2)n(C)c1. The van der Waals surface area contributed by atoms with E-state index in [0.717, 1.165) is 5.56 Å². The van der Waals surface area contributed by atoms with Crippen LogP contribution in [0, 0.1) is 6.92 Å². The summed E-state index contributed by atoms with van der Waals surface area (Å²) in [5.41, 5.74) is 1.05. The number of hydrogen-bond acceptors (Lipinski definition) is 5. The normalized spacial score (nSPS) is 12.8. The molecule has 10 heteroatoms. The Morgan fingerprint density at radius 2 is 1.90 bits per heavy atom. The Balaban J connectivity index is 1.93. The molecule has 0 aliphatic carbocycles. The van der Waals surface area contributed by atoms with Crippen LogP contribution in [-0.2, 0) is 17.1 Å². The van der Waals surface area contributed by atoms with Crippen molar-refractivity contribution < 1.29 is 13.2 Å². The van der Waals surface area contributed by atoms with Crippen molar-refractivity contribution in [3.8, 4) is 0 Å². The lowest BCUT2D eigenvalue weighted by molar-refractivity contribution is 0.0933. The zero-order chi connectivity index (χ0) is 21.9. The molecule has 0 fully saturated rings. The van der Waals surface area contributed by atoms with Crippen molar-refractivity contribution >= 4 is 15.9 Å². The number of nitrogens with zero attached hydrogens (tertiary/aromatic N) is 4. The van der Waals surface area contributed by atoms with Crippen molar-refractivity contribution in [2.24, 2.45) is 7.05 Å². The van der Waals surface area contributed by atoms with Crippen LogP contribution in [0.4, 0.5) is 0 Å². The highest BCUT2D eigenvalue weighted by Gasteiger charge is 2.27. The first kappa shape index (κ1) is 21.7. The highest BCUT2D eigenvalue weighted by molar-refractivity contribution is 7.89. The fraction of sp³-hybridized carbons (Fsp3) is 0.350. The smallest absolute Gasteiger partial charge is 0.268 e. The summed E-state index contributed by atoms with van der Waals surface area (Å²) in [7, 11) is -2.02. The van der Waals surface area contributed by atoms with Gasteiger partial charge >= 0.3 is 0 Å². The molecule has 160 valence electrons. The molecule has 9 nitrogen and oxygen atoms in total. The summed E-state index contributed by atoms with van der Waals surface area (Å²) < 4.78 is 28.5. The minimum absolute atomic E-state index is 0.0869. The van der Waals surface area contributed by atoms with Crippen LogP contribution in [0.25, 0.3) is 0 Å². The van der Waals surface area contributed by atoms with E-state index in [1.807, 2.05) is 30.3 Å². The van der Waals surface area contributed by atoms with Crippen LogP contribution >= 0.6 is 0 Å². The molecule has 0 saturated carbocycles. The molecule has 0 spiro atoms. The van der Waals surface area contributed by atoms with Gasteiger partial charge in [-0.05, 0) is 18.6 Å². The largest absolute Gasteiger partial charge is 0.345 e. The van der Waals surface area contributed by atoms with E-state index in [2.05, 4.69) is 20.5 Å². The number of carbonyl (C=O) groups excluding carboxylic acids is 1. The Hall–Kier alpha value is -2.98. The summed E-state index contributed by atoms with van der Waals surface area (Å²) >= 11 is 0. The number of H-pyrrole nitrogens is 1. The summed E-state index contributed by atoms with van der Waals surface area (Å²) in [6.07, 6.45) is 1.46. The third-order valence-electron chi connectivity index (χ3n) is 4.84. The summed E-state index contributed by atoms with van der Waals surface area (Å²) in [6, 6.07) is 10.2. The summed E-state index contributed by atoms with van der Waals surface area (Å²) in [6.45, 7) is 6.05. The highest BCUT2D eigenvalue weighted by Crippen LogP contribution is 2.22. The molecular formula is C20H26N6O3S. The summed E-state index contributed by atoms with van der Waals surface area (Å²) in [4.78, 5) is 17.5. The zero-order valence-corrected chi connectivity index (χ0v) is 18.3. The first-order valence-corrected chi connectivity index (χ1v) is 11.1. The fourth-order valence-electron chi connectivity index (χ4n) is 3.25. The average Bonchev–Trinajstić information content (AvgIpc) is 3.33. The third kappa shape index (κ3) is 4.29. The van der Waals surface area contributed by atoms with Gasteiger partial charge in [0.2, 0.25) is 10.0 Å². The topological polar surface area (TPSA) is 113 Å². The predicted octanol–water partition coefficient (Wildman–Crippen LogP) is 2.00. The molecular weight excluding hydrogens is 404 g/mol. The van der Waals surface area contributed by atoms with Crippen molar-refractivity contribution in [1.29, 1.82) is 0 Å². The number of aromatic amines is 1. The minimum atomic E-state index is -3.66. The van der Waals surface area contributed by atoms with Gasteiger partial charge in [0.1, 0.15) is 22.5 Å². The molecule has 1 atom stereocenters. The molecule has 2 heterocycles. The van der Waals surface area contributed by atoms with E-state index < -0.39 is 22.0 Å². The number of amides is 1. The van der Waals surface area contributed by atoms with Crippen LogP contribution in [0.1, 0.15) is 47.6 Å². The maximum Gasteiger partial charge on any atom is 0.268 e. The maximum atomic E-state index is 13.1. The number of aryl methyl sites for hydroxylation is 2. The lowest BCUT2D eigenvalue weighted by Crippen LogP contribution is -2.31. The Morgan fingerprint density at radius 1 is 1.23 bits per heavy atom. The molecule has 0 aliphatic heterocycles. The number of rotatable bonds is 8. The summed E-state index contributed by atoms with van der Waals surface area (Å²) in [5, 5.41) is 9.91. The van der Waals surface area contributed by atoms with Gasteiger partial charge in [-0.25, -0.2) is 13.4 Å². The Morgan fingerprint density at radius 3 is 2.47 bits per heavy atom. The first-order valence-electron chi connectivity index (χ1n) is 9.69. The molecule has 3 aromatic rings. The van der Waals surface area contributed by atoms with Crippen molar-refractivity contribution in [3.05, 3.63) is 65.5 Å². The summed E-state index contributed by atoms with van der Waals surface area (Å²) in [5.74, 6) is 0.638. The van der Waals surface area contributed by atoms with E-state index in [-0.39, 0.29) is 10.6 Å². The Labute approximate surface area is 176 Å². The first-order chi connectivity index (χ1) is 14.3.